The minimum atomic E-state index is -3.40. The molecule has 2 N–H and O–H groups in total. The number of sulfonamides is 1. The predicted octanol–water partition coefficient (Wildman–Crippen LogP) is 5.60. The Balaban J connectivity index is 0.00000289. The summed E-state index contributed by atoms with van der Waals surface area (Å²) in [5, 5.41) is 5.74. The summed E-state index contributed by atoms with van der Waals surface area (Å²) in [4.78, 5) is 4.73. The highest BCUT2D eigenvalue weighted by molar-refractivity contribution is 7.92. The molecule has 0 aliphatic rings. The van der Waals surface area contributed by atoms with E-state index in [0.29, 0.717) is 27.9 Å². The van der Waals surface area contributed by atoms with Crippen molar-refractivity contribution in [1.82, 2.24) is 4.98 Å². The normalized spacial score (nSPS) is 11.1. The maximum atomic E-state index is 11.6. The zero-order valence-electron chi connectivity index (χ0n) is 17.5. The molecule has 0 bridgehead atoms. The SMILES string of the molecule is COc1ccc2nc3cc(Cl)ccc3c(Nc3ccc(NS(C)(=O)=O)cc3OC)c2c1.Cl. The lowest BCUT2D eigenvalue weighted by Crippen LogP contribution is -2.09. The van der Waals surface area contributed by atoms with Crippen molar-refractivity contribution in [3.63, 3.8) is 0 Å². The summed E-state index contributed by atoms with van der Waals surface area (Å²) < 4.78 is 36.5. The number of aromatic nitrogens is 1. The molecule has 4 rings (SSSR count). The van der Waals surface area contributed by atoms with Crippen molar-refractivity contribution in [2.45, 2.75) is 0 Å². The first-order valence-electron chi connectivity index (χ1n) is 9.27. The molecule has 0 aliphatic heterocycles. The van der Waals surface area contributed by atoms with Gasteiger partial charge in [0.25, 0.3) is 0 Å². The van der Waals surface area contributed by atoms with Gasteiger partial charge in [0.2, 0.25) is 10.0 Å². The van der Waals surface area contributed by atoms with E-state index in [1.165, 1.54) is 7.11 Å². The van der Waals surface area contributed by atoms with Crippen LogP contribution >= 0.6 is 24.0 Å². The fourth-order valence-corrected chi connectivity index (χ4v) is 4.09. The number of benzene rings is 3. The molecule has 0 radical (unpaired) electrons. The van der Waals surface area contributed by atoms with E-state index in [2.05, 4.69) is 10.0 Å². The van der Waals surface area contributed by atoms with Crippen LogP contribution in [-0.2, 0) is 10.0 Å². The van der Waals surface area contributed by atoms with Crippen LogP contribution < -0.4 is 19.5 Å². The molecule has 7 nitrogen and oxygen atoms in total. The fraction of sp³-hybridized carbons (Fsp3) is 0.136. The molecule has 3 aromatic carbocycles. The van der Waals surface area contributed by atoms with Gasteiger partial charge in [-0.15, -0.1) is 12.4 Å². The van der Waals surface area contributed by atoms with Gasteiger partial charge in [0.05, 0.1) is 48.6 Å². The lowest BCUT2D eigenvalue weighted by molar-refractivity contribution is 0.415. The van der Waals surface area contributed by atoms with Gasteiger partial charge in [-0.05, 0) is 48.5 Å². The van der Waals surface area contributed by atoms with Crippen molar-refractivity contribution in [1.29, 1.82) is 0 Å². The molecular formula is C22H21Cl2N3O4S. The smallest absolute Gasteiger partial charge is 0.229 e. The molecule has 0 aliphatic carbocycles. The molecule has 1 aromatic heterocycles. The Morgan fingerprint density at radius 2 is 1.69 bits per heavy atom. The number of fused-ring (bicyclic) bond motifs is 2. The molecule has 4 aromatic rings. The minimum Gasteiger partial charge on any atom is -0.497 e. The van der Waals surface area contributed by atoms with Crippen LogP contribution in [0.1, 0.15) is 0 Å². The first-order chi connectivity index (χ1) is 14.8. The number of anilines is 3. The molecule has 0 saturated carbocycles. The third-order valence-electron chi connectivity index (χ3n) is 4.71. The van der Waals surface area contributed by atoms with E-state index in [4.69, 9.17) is 26.1 Å². The van der Waals surface area contributed by atoms with Gasteiger partial charge < -0.3 is 14.8 Å². The number of ether oxygens (including phenoxy) is 2. The number of nitrogens with zero attached hydrogens (tertiary/aromatic N) is 1. The van der Waals surface area contributed by atoms with Crippen molar-refractivity contribution in [3.05, 3.63) is 59.6 Å². The monoisotopic (exact) mass is 493 g/mol. The second kappa shape index (κ2) is 9.28. The summed E-state index contributed by atoms with van der Waals surface area (Å²) >= 11 is 6.19. The maximum Gasteiger partial charge on any atom is 0.229 e. The Kier molecular flexibility index (Phi) is 6.88. The number of hydrogen-bond acceptors (Lipinski definition) is 6. The quantitative estimate of drug-likeness (QED) is 0.340. The molecule has 1 heterocycles. The fourth-order valence-electron chi connectivity index (χ4n) is 3.36. The largest absolute Gasteiger partial charge is 0.497 e. The molecule has 168 valence electrons. The number of halogens is 2. The first kappa shape index (κ1) is 23.7. The number of rotatable bonds is 6. The number of nitrogens with one attached hydrogen (secondary N) is 2. The molecule has 0 atom stereocenters. The summed E-state index contributed by atoms with van der Waals surface area (Å²) in [6.45, 7) is 0. The van der Waals surface area contributed by atoms with Gasteiger partial charge >= 0.3 is 0 Å². The summed E-state index contributed by atoms with van der Waals surface area (Å²) in [7, 11) is -0.270. The third kappa shape index (κ3) is 4.93. The second-order valence-electron chi connectivity index (χ2n) is 6.95. The summed E-state index contributed by atoms with van der Waals surface area (Å²) in [5.74, 6) is 1.17. The lowest BCUT2D eigenvalue weighted by atomic mass is 10.1. The van der Waals surface area contributed by atoms with Crippen LogP contribution in [0.15, 0.2) is 54.6 Å². The third-order valence-corrected chi connectivity index (χ3v) is 5.55. The van der Waals surface area contributed by atoms with E-state index >= 15 is 0 Å². The standard InChI is InChI=1S/C22H20ClN3O4S.ClH/c1-29-15-6-9-18-17(12-15)22(16-7-4-13(23)10-20(16)24-18)25-19-8-5-14(11-21(19)30-2)26-31(3,27)28;/h4-12,26H,1-3H3,(H,24,25);1H. The van der Waals surface area contributed by atoms with Gasteiger partial charge in [-0.25, -0.2) is 13.4 Å². The van der Waals surface area contributed by atoms with Crippen molar-refractivity contribution >= 4 is 72.9 Å². The number of methoxy groups -OCH3 is 2. The van der Waals surface area contributed by atoms with Crippen LogP contribution in [0, 0.1) is 0 Å². The van der Waals surface area contributed by atoms with Crippen LogP contribution in [0.25, 0.3) is 21.8 Å². The van der Waals surface area contributed by atoms with Gasteiger partial charge in [-0.3, -0.25) is 4.72 Å². The van der Waals surface area contributed by atoms with E-state index in [1.54, 1.807) is 31.4 Å². The van der Waals surface area contributed by atoms with Gasteiger partial charge in [0.1, 0.15) is 11.5 Å². The van der Waals surface area contributed by atoms with Gasteiger partial charge in [-0.1, -0.05) is 11.6 Å². The number of hydrogen-bond donors (Lipinski definition) is 2. The van der Waals surface area contributed by atoms with Crippen LogP contribution in [0.2, 0.25) is 5.02 Å². The Morgan fingerprint density at radius 1 is 0.906 bits per heavy atom. The molecule has 0 fully saturated rings. The molecule has 0 amide bonds. The zero-order chi connectivity index (χ0) is 22.2. The Hall–Kier alpha value is -2.94. The van der Waals surface area contributed by atoms with Crippen LogP contribution in [0.3, 0.4) is 0 Å². The van der Waals surface area contributed by atoms with Gasteiger partial charge in [0.15, 0.2) is 0 Å². The average Bonchev–Trinajstić information content (AvgIpc) is 2.72. The molecule has 0 spiro atoms. The van der Waals surface area contributed by atoms with Crippen molar-refractivity contribution in [2.75, 3.05) is 30.5 Å². The Labute approximate surface area is 197 Å². The summed E-state index contributed by atoms with van der Waals surface area (Å²) in [6, 6.07) is 16.2. The second-order valence-corrected chi connectivity index (χ2v) is 9.13. The highest BCUT2D eigenvalue weighted by Crippen LogP contribution is 2.38. The number of pyridine rings is 1. The van der Waals surface area contributed by atoms with Crippen LogP contribution in [0.4, 0.5) is 17.1 Å². The van der Waals surface area contributed by atoms with E-state index in [1.807, 2.05) is 30.3 Å². The Morgan fingerprint density at radius 3 is 2.38 bits per heavy atom. The van der Waals surface area contributed by atoms with E-state index in [9.17, 15) is 8.42 Å². The van der Waals surface area contributed by atoms with Gasteiger partial charge in [0, 0.05) is 21.9 Å². The first-order valence-corrected chi connectivity index (χ1v) is 11.5. The topological polar surface area (TPSA) is 89.5 Å². The van der Waals surface area contributed by atoms with Crippen LogP contribution in [0.5, 0.6) is 11.5 Å². The maximum absolute atomic E-state index is 11.6. The Bertz CT molecular complexity index is 1410. The molecular weight excluding hydrogens is 473 g/mol. The average molecular weight is 494 g/mol. The molecule has 10 heteroatoms. The molecule has 32 heavy (non-hydrogen) atoms. The zero-order valence-corrected chi connectivity index (χ0v) is 19.9. The molecule has 0 unspecified atom stereocenters. The van der Waals surface area contributed by atoms with E-state index in [-0.39, 0.29) is 12.4 Å². The van der Waals surface area contributed by atoms with Gasteiger partial charge in [-0.2, -0.15) is 0 Å². The van der Waals surface area contributed by atoms with Crippen LogP contribution in [-0.4, -0.2) is 33.9 Å². The van der Waals surface area contributed by atoms with Crippen molar-refractivity contribution < 1.29 is 17.9 Å². The summed E-state index contributed by atoms with van der Waals surface area (Å²) in [5.41, 5.74) is 3.38. The minimum absolute atomic E-state index is 0. The summed E-state index contributed by atoms with van der Waals surface area (Å²) in [6.07, 6.45) is 1.10. The lowest BCUT2D eigenvalue weighted by Gasteiger charge is -2.17. The predicted molar refractivity (Wildman–Crippen MR) is 133 cm³/mol. The highest BCUT2D eigenvalue weighted by atomic mass is 35.5. The van der Waals surface area contributed by atoms with E-state index < -0.39 is 10.0 Å². The van der Waals surface area contributed by atoms with Crippen molar-refractivity contribution in [3.8, 4) is 11.5 Å². The molecule has 0 saturated heterocycles. The van der Waals surface area contributed by atoms with E-state index in [0.717, 1.165) is 33.7 Å². The van der Waals surface area contributed by atoms with Crippen molar-refractivity contribution in [2.24, 2.45) is 0 Å². The highest BCUT2D eigenvalue weighted by Gasteiger charge is 2.14.